The van der Waals surface area contributed by atoms with Crippen LogP contribution in [0.25, 0.3) is 33.4 Å². The second-order valence-electron chi connectivity index (χ2n) is 6.83. The van der Waals surface area contributed by atoms with Gasteiger partial charge in [-0.05, 0) is 47.2 Å². The molecule has 0 bridgehead atoms. The second-order valence-corrected chi connectivity index (χ2v) is 6.83. The summed E-state index contributed by atoms with van der Waals surface area (Å²) in [6, 6.07) is 34.8. The van der Waals surface area contributed by atoms with E-state index < -0.39 is 0 Å². The first-order valence-electron chi connectivity index (χ1n) is 9.05. The lowest BCUT2D eigenvalue weighted by molar-refractivity contribution is 1.45. The normalized spacial score (nSPS) is 10.7. The van der Waals surface area contributed by atoms with Gasteiger partial charge < -0.3 is 0 Å². The summed E-state index contributed by atoms with van der Waals surface area (Å²) in [5.74, 6) is 0. The zero-order chi connectivity index (χ0) is 17.9. The lowest BCUT2D eigenvalue weighted by atomic mass is 9.87. The minimum absolute atomic E-state index is 1.25. The Morgan fingerprint density at radius 1 is 0.423 bits per heavy atom. The fourth-order valence-corrected chi connectivity index (χ4v) is 3.58. The number of aryl methyl sites for hydroxylation is 2. The third kappa shape index (κ3) is 3.19. The standard InChI is InChI=1S/C26H22/c1-19-9-6-13-22(17-19)25-16-8-15-24(21-11-4-3-5-12-21)26(25)23-14-7-10-20(2)18-23/h3-18H,1-2H3. The van der Waals surface area contributed by atoms with Crippen LogP contribution >= 0.6 is 0 Å². The Hall–Kier alpha value is -3.12. The quantitative estimate of drug-likeness (QED) is 0.368. The fourth-order valence-electron chi connectivity index (χ4n) is 3.58. The van der Waals surface area contributed by atoms with Crippen LogP contribution in [0.3, 0.4) is 0 Å². The average Bonchev–Trinajstić information content (AvgIpc) is 2.68. The summed E-state index contributed by atoms with van der Waals surface area (Å²) >= 11 is 0. The molecule has 0 saturated carbocycles. The van der Waals surface area contributed by atoms with Crippen LogP contribution in [-0.4, -0.2) is 0 Å². The first kappa shape index (κ1) is 16.4. The van der Waals surface area contributed by atoms with Gasteiger partial charge in [-0.25, -0.2) is 0 Å². The van der Waals surface area contributed by atoms with Crippen molar-refractivity contribution >= 4 is 0 Å². The SMILES string of the molecule is Cc1cccc(-c2cccc(-c3ccccc3)c2-c2cccc(C)c2)c1. The van der Waals surface area contributed by atoms with Crippen molar-refractivity contribution in [1.29, 1.82) is 0 Å². The molecule has 0 nitrogen and oxygen atoms in total. The van der Waals surface area contributed by atoms with E-state index in [0.29, 0.717) is 0 Å². The molecule has 0 saturated heterocycles. The molecular formula is C26H22. The van der Waals surface area contributed by atoms with Gasteiger partial charge in [0.05, 0.1) is 0 Å². The van der Waals surface area contributed by atoms with Crippen LogP contribution in [0.4, 0.5) is 0 Å². The van der Waals surface area contributed by atoms with Gasteiger partial charge in [0.25, 0.3) is 0 Å². The molecule has 4 aromatic rings. The number of hydrogen-bond donors (Lipinski definition) is 0. The Balaban J connectivity index is 2.04. The van der Waals surface area contributed by atoms with E-state index in [9.17, 15) is 0 Å². The summed E-state index contributed by atoms with van der Waals surface area (Å²) in [7, 11) is 0. The van der Waals surface area contributed by atoms with Crippen LogP contribution in [0.5, 0.6) is 0 Å². The molecule has 0 heterocycles. The van der Waals surface area contributed by atoms with Crippen LogP contribution in [0.1, 0.15) is 11.1 Å². The monoisotopic (exact) mass is 334 g/mol. The maximum Gasteiger partial charge on any atom is -0.00267 e. The van der Waals surface area contributed by atoms with Crippen LogP contribution in [0.2, 0.25) is 0 Å². The molecule has 0 N–H and O–H groups in total. The predicted molar refractivity (Wildman–Crippen MR) is 112 cm³/mol. The van der Waals surface area contributed by atoms with E-state index in [4.69, 9.17) is 0 Å². The summed E-state index contributed by atoms with van der Waals surface area (Å²) in [6.45, 7) is 4.30. The lowest BCUT2D eigenvalue weighted by Gasteiger charge is -2.17. The van der Waals surface area contributed by atoms with Gasteiger partial charge in [-0.1, -0.05) is 108 Å². The van der Waals surface area contributed by atoms with E-state index in [1.54, 1.807) is 0 Å². The van der Waals surface area contributed by atoms with E-state index in [1.165, 1.54) is 44.5 Å². The number of hydrogen-bond acceptors (Lipinski definition) is 0. The molecule has 0 spiro atoms. The van der Waals surface area contributed by atoms with Crippen molar-refractivity contribution in [3.63, 3.8) is 0 Å². The predicted octanol–water partition coefficient (Wildman–Crippen LogP) is 7.30. The van der Waals surface area contributed by atoms with Gasteiger partial charge in [-0.2, -0.15) is 0 Å². The Morgan fingerprint density at radius 3 is 1.58 bits per heavy atom. The van der Waals surface area contributed by atoms with E-state index in [1.807, 2.05) is 0 Å². The second kappa shape index (κ2) is 7.01. The lowest BCUT2D eigenvalue weighted by Crippen LogP contribution is -1.91. The van der Waals surface area contributed by atoms with Gasteiger partial charge in [0.15, 0.2) is 0 Å². The molecule has 126 valence electrons. The van der Waals surface area contributed by atoms with Crippen molar-refractivity contribution < 1.29 is 0 Å². The molecule has 0 atom stereocenters. The van der Waals surface area contributed by atoms with Crippen molar-refractivity contribution in [1.82, 2.24) is 0 Å². The molecular weight excluding hydrogens is 312 g/mol. The fraction of sp³-hybridized carbons (Fsp3) is 0.0769. The first-order chi connectivity index (χ1) is 12.7. The molecule has 4 rings (SSSR count). The summed E-state index contributed by atoms with van der Waals surface area (Å²) in [5.41, 5.74) is 10.2. The van der Waals surface area contributed by atoms with Gasteiger partial charge in [-0.15, -0.1) is 0 Å². The highest BCUT2D eigenvalue weighted by Crippen LogP contribution is 2.40. The topological polar surface area (TPSA) is 0 Å². The Labute approximate surface area is 155 Å². The molecule has 0 radical (unpaired) electrons. The minimum atomic E-state index is 1.25. The molecule has 4 aromatic carbocycles. The molecule has 0 aromatic heterocycles. The molecule has 0 aliphatic heterocycles. The van der Waals surface area contributed by atoms with E-state index >= 15 is 0 Å². The Morgan fingerprint density at radius 2 is 0.923 bits per heavy atom. The smallest absolute Gasteiger partial charge is 0.00267 e. The summed E-state index contributed by atoms with van der Waals surface area (Å²) in [4.78, 5) is 0. The van der Waals surface area contributed by atoms with Crippen LogP contribution in [0.15, 0.2) is 97.1 Å². The van der Waals surface area contributed by atoms with E-state index in [0.717, 1.165) is 0 Å². The number of rotatable bonds is 3. The summed E-state index contributed by atoms with van der Waals surface area (Å²) in [6.07, 6.45) is 0. The molecule has 0 aliphatic rings. The van der Waals surface area contributed by atoms with E-state index in [-0.39, 0.29) is 0 Å². The molecule has 0 unspecified atom stereocenters. The van der Waals surface area contributed by atoms with Crippen LogP contribution < -0.4 is 0 Å². The van der Waals surface area contributed by atoms with Gasteiger partial charge in [0.1, 0.15) is 0 Å². The third-order valence-electron chi connectivity index (χ3n) is 4.79. The zero-order valence-corrected chi connectivity index (χ0v) is 15.2. The van der Waals surface area contributed by atoms with Gasteiger partial charge in [0.2, 0.25) is 0 Å². The highest BCUT2D eigenvalue weighted by molar-refractivity contribution is 5.94. The van der Waals surface area contributed by atoms with Crippen LogP contribution in [0, 0.1) is 13.8 Å². The summed E-state index contributed by atoms with van der Waals surface area (Å²) in [5, 5.41) is 0. The number of benzene rings is 4. The maximum absolute atomic E-state index is 2.28. The Bertz CT molecular complexity index is 1040. The zero-order valence-electron chi connectivity index (χ0n) is 15.2. The molecule has 0 aliphatic carbocycles. The first-order valence-corrected chi connectivity index (χ1v) is 9.05. The molecule has 0 heteroatoms. The van der Waals surface area contributed by atoms with Gasteiger partial charge >= 0.3 is 0 Å². The van der Waals surface area contributed by atoms with Crippen molar-refractivity contribution in [2.24, 2.45) is 0 Å². The molecule has 26 heavy (non-hydrogen) atoms. The van der Waals surface area contributed by atoms with Gasteiger partial charge in [0, 0.05) is 0 Å². The third-order valence-corrected chi connectivity index (χ3v) is 4.79. The highest BCUT2D eigenvalue weighted by atomic mass is 14.2. The molecule has 0 fully saturated rings. The highest BCUT2D eigenvalue weighted by Gasteiger charge is 2.14. The van der Waals surface area contributed by atoms with E-state index in [2.05, 4.69) is 111 Å². The Kier molecular flexibility index (Phi) is 4.41. The molecule has 0 amide bonds. The summed E-state index contributed by atoms with van der Waals surface area (Å²) < 4.78 is 0. The van der Waals surface area contributed by atoms with Gasteiger partial charge in [-0.3, -0.25) is 0 Å². The van der Waals surface area contributed by atoms with Crippen molar-refractivity contribution in [2.45, 2.75) is 13.8 Å². The minimum Gasteiger partial charge on any atom is -0.0622 e. The van der Waals surface area contributed by atoms with Crippen molar-refractivity contribution in [3.8, 4) is 33.4 Å². The van der Waals surface area contributed by atoms with Crippen molar-refractivity contribution in [2.75, 3.05) is 0 Å². The largest absolute Gasteiger partial charge is 0.0622 e. The maximum atomic E-state index is 2.28. The van der Waals surface area contributed by atoms with Crippen molar-refractivity contribution in [3.05, 3.63) is 108 Å². The average molecular weight is 334 g/mol. The van der Waals surface area contributed by atoms with Crippen LogP contribution in [-0.2, 0) is 0 Å².